The highest BCUT2D eigenvalue weighted by Crippen LogP contribution is 2.21. The minimum absolute atomic E-state index is 0.00190. The molecule has 1 aliphatic rings. The van der Waals surface area contributed by atoms with Gasteiger partial charge in [-0.3, -0.25) is 4.79 Å². The summed E-state index contributed by atoms with van der Waals surface area (Å²) in [5.74, 6) is -0.169. The molecule has 0 radical (unpaired) electrons. The summed E-state index contributed by atoms with van der Waals surface area (Å²) in [6.45, 7) is 3.28. The van der Waals surface area contributed by atoms with E-state index < -0.39 is 10.0 Å². The quantitative estimate of drug-likeness (QED) is 0.737. The summed E-state index contributed by atoms with van der Waals surface area (Å²) in [4.78, 5) is 12.0. The van der Waals surface area contributed by atoms with Crippen molar-refractivity contribution < 1.29 is 13.2 Å². The van der Waals surface area contributed by atoms with Crippen LogP contribution in [-0.2, 0) is 14.8 Å². The third kappa shape index (κ3) is 3.31. The second kappa shape index (κ2) is 5.28. The lowest BCUT2D eigenvalue weighted by molar-refractivity contribution is -0.119. The lowest BCUT2D eigenvalue weighted by atomic mass is 10.1. The second-order valence-corrected chi connectivity index (χ2v) is 6.26. The molecule has 1 aliphatic heterocycles. The molecule has 4 N–H and O–H groups in total. The van der Waals surface area contributed by atoms with Crippen LogP contribution in [0.2, 0.25) is 0 Å². The van der Waals surface area contributed by atoms with Crippen LogP contribution in [0.1, 0.15) is 12.0 Å². The van der Waals surface area contributed by atoms with E-state index in [1.165, 1.54) is 12.1 Å². The van der Waals surface area contributed by atoms with Crippen LogP contribution < -0.4 is 15.8 Å². The summed E-state index contributed by atoms with van der Waals surface area (Å²) >= 11 is 0. The van der Waals surface area contributed by atoms with Crippen LogP contribution in [0.4, 0.5) is 5.69 Å². The number of hydrogen-bond donors (Lipinski definition) is 3. The van der Waals surface area contributed by atoms with Crippen molar-refractivity contribution >= 4 is 21.6 Å². The van der Waals surface area contributed by atoms with Gasteiger partial charge in [0.1, 0.15) is 0 Å². The Morgan fingerprint density at radius 1 is 1.47 bits per heavy atom. The van der Waals surface area contributed by atoms with Crippen LogP contribution in [-0.4, -0.2) is 27.4 Å². The highest BCUT2D eigenvalue weighted by atomic mass is 32.2. The van der Waals surface area contributed by atoms with E-state index in [2.05, 4.69) is 10.6 Å². The van der Waals surface area contributed by atoms with Crippen LogP contribution in [0.25, 0.3) is 0 Å². The number of primary sulfonamides is 1. The van der Waals surface area contributed by atoms with Crippen molar-refractivity contribution in [2.75, 3.05) is 18.4 Å². The maximum atomic E-state index is 12.0. The monoisotopic (exact) mass is 283 g/mol. The van der Waals surface area contributed by atoms with E-state index >= 15 is 0 Å². The molecule has 1 saturated heterocycles. The van der Waals surface area contributed by atoms with Crippen molar-refractivity contribution in [2.24, 2.45) is 11.1 Å². The van der Waals surface area contributed by atoms with Gasteiger partial charge >= 0.3 is 0 Å². The van der Waals surface area contributed by atoms with Gasteiger partial charge in [0.2, 0.25) is 15.9 Å². The van der Waals surface area contributed by atoms with Crippen molar-refractivity contribution in [3.63, 3.8) is 0 Å². The van der Waals surface area contributed by atoms with Gasteiger partial charge in [-0.15, -0.1) is 0 Å². The molecule has 0 aliphatic carbocycles. The minimum atomic E-state index is -3.76. The van der Waals surface area contributed by atoms with Gasteiger partial charge in [0, 0.05) is 12.2 Å². The topological polar surface area (TPSA) is 101 Å². The first kappa shape index (κ1) is 14.0. The number of rotatable bonds is 3. The number of carbonyl (C=O) groups excluding carboxylic acids is 1. The first-order valence-electron chi connectivity index (χ1n) is 6.03. The van der Waals surface area contributed by atoms with Gasteiger partial charge in [0.25, 0.3) is 0 Å². The molecule has 7 heteroatoms. The first-order chi connectivity index (χ1) is 8.88. The molecule has 19 heavy (non-hydrogen) atoms. The van der Waals surface area contributed by atoms with Crippen molar-refractivity contribution in [3.05, 3.63) is 23.8 Å². The Labute approximate surface area is 112 Å². The molecule has 1 aromatic carbocycles. The van der Waals surface area contributed by atoms with Crippen molar-refractivity contribution in [1.82, 2.24) is 5.32 Å². The Bertz CT molecular complexity index is 592. The number of aryl methyl sites for hydroxylation is 1. The predicted molar refractivity (Wildman–Crippen MR) is 72.2 cm³/mol. The van der Waals surface area contributed by atoms with Gasteiger partial charge in [-0.25, -0.2) is 13.6 Å². The van der Waals surface area contributed by atoms with Crippen LogP contribution in [0, 0.1) is 12.8 Å². The number of benzene rings is 1. The highest BCUT2D eigenvalue weighted by Gasteiger charge is 2.23. The number of nitrogens with one attached hydrogen (secondary N) is 2. The molecule has 0 saturated carbocycles. The lowest BCUT2D eigenvalue weighted by Gasteiger charge is -2.13. The summed E-state index contributed by atoms with van der Waals surface area (Å²) in [5, 5.41) is 11.0. The van der Waals surface area contributed by atoms with Gasteiger partial charge in [0.15, 0.2) is 0 Å². The molecule has 1 atom stereocenters. The lowest BCUT2D eigenvalue weighted by Crippen LogP contribution is -2.25. The third-order valence-corrected chi connectivity index (χ3v) is 4.14. The number of sulfonamides is 1. The fraction of sp³-hybridized carbons (Fsp3) is 0.417. The Kier molecular flexibility index (Phi) is 3.88. The Hall–Kier alpha value is -1.44. The zero-order chi connectivity index (χ0) is 14.0. The van der Waals surface area contributed by atoms with Gasteiger partial charge < -0.3 is 10.6 Å². The normalized spacial score (nSPS) is 19.4. The van der Waals surface area contributed by atoms with Gasteiger partial charge in [-0.05, 0) is 37.6 Å². The summed E-state index contributed by atoms with van der Waals surface area (Å²) in [7, 11) is -3.76. The van der Waals surface area contributed by atoms with E-state index in [0.29, 0.717) is 12.2 Å². The Balaban J connectivity index is 2.22. The zero-order valence-electron chi connectivity index (χ0n) is 10.6. The molecule has 104 valence electrons. The summed E-state index contributed by atoms with van der Waals surface area (Å²) in [6.07, 6.45) is 0.791. The fourth-order valence-corrected chi connectivity index (χ4v) is 2.57. The number of amides is 1. The van der Waals surface area contributed by atoms with E-state index in [9.17, 15) is 13.2 Å². The average Bonchev–Trinajstić information content (AvgIpc) is 2.84. The van der Waals surface area contributed by atoms with Crippen molar-refractivity contribution in [2.45, 2.75) is 18.2 Å². The van der Waals surface area contributed by atoms with Crippen molar-refractivity contribution in [3.8, 4) is 0 Å². The van der Waals surface area contributed by atoms with Gasteiger partial charge in [0.05, 0.1) is 10.8 Å². The van der Waals surface area contributed by atoms with Gasteiger partial charge in [-0.1, -0.05) is 6.07 Å². The SMILES string of the molecule is Cc1ccc(S(N)(=O)=O)cc1NC(=O)C1CCNC1. The molecule has 1 unspecified atom stereocenters. The molecular formula is C12H17N3O3S. The van der Waals surface area contributed by atoms with E-state index in [1.807, 2.05) is 0 Å². The Morgan fingerprint density at radius 2 is 2.21 bits per heavy atom. The number of anilines is 1. The van der Waals surface area contributed by atoms with E-state index in [1.54, 1.807) is 13.0 Å². The maximum absolute atomic E-state index is 12.0. The van der Waals surface area contributed by atoms with Crippen LogP contribution >= 0.6 is 0 Å². The average molecular weight is 283 g/mol. The molecule has 1 aromatic rings. The summed E-state index contributed by atoms with van der Waals surface area (Å²) < 4.78 is 22.6. The molecule has 0 bridgehead atoms. The number of hydrogen-bond acceptors (Lipinski definition) is 4. The molecule has 1 heterocycles. The van der Waals surface area contributed by atoms with Gasteiger partial charge in [-0.2, -0.15) is 0 Å². The molecule has 6 nitrogen and oxygen atoms in total. The van der Waals surface area contributed by atoms with E-state index in [4.69, 9.17) is 5.14 Å². The minimum Gasteiger partial charge on any atom is -0.326 e. The third-order valence-electron chi connectivity index (χ3n) is 3.23. The van der Waals surface area contributed by atoms with Crippen LogP contribution in [0.3, 0.4) is 0 Å². The van der Waals surface area contributed by atoms with Crippen LogP contribution in [0.5, 0.6) is 0 Å². The molecule has 1 fully saturated rings. The maximum Gasteiger partial charge on any atom is 0.238 e. The second-order valence-electron chi connectivity index (χ2n) is 4.70. The summed E-state index contributed by atoms with van der Waals surface area (Å²) in [5.41, 5.74) is 1.29. The summed E-state index contributed by atoms with van der Waals surface area (Å²) in [6, 6.07) is 4.45. The molecule has 0 aromatic heterocycles. The molecule has 1 amide bonds. The zero-order valence-corrected chi connectivity index (χ0v) is 11.5. The fourth-order valence-electron chi connectivity index (χ4n) is 2.03. The first-order valence-corrected chi connectivity index (χ1v) is 7.57. The Morgan fingerprint density at radius 3 is 2.79 bits per heavy atom. The van der Waals surface area contributed by atoms with E-state index in [-0.39, 0.29) is 16.7 Å². The molecular weight excluding hydrogens is 266 g/mol. The van der Waals surface area contributed by atoms with E-state index in [0.717, 1.165) is 18.5 Å². The smallest absolute Gasteiger partial charge is 0.238 e. The molecule has 2 rings (SSSR count). The molecule has 0 spiro atoms. The standard InChI is InChI=1S/C12H17N3O3S/c1-8-2-3-10(19(13,17)18)6-11(8)15-12(16)9-4-5-14-7-9/h2-3,6,9,14H,4-5,7H2,1H3,(H,15,16)(H2,13,17,18). The predicted octanol–water partition coefficient (Wildman–Crippen LogP) is 0.190. The number of carbonyl (C=O) groups is 1. The largest absolute Gasteiger partial charge is 0.326 e. The number of nitrogens with two attached hydrogens (primary N) is 1. The highest BCUT2D eigenvalue weighted by molar-refractivity contribution is 7.89. The van der Waals surface area contributed by atoms with Crippen LogP contribution in [0.15, 0.2) is 23.1 Å². The van der Waals surface area contributed by atoms with Crippen molar-refractivity contribution in [1.29, 1.82) is 0 Å².